The van der Waals surface area contributed by atoms with Crippen molar-refractivity contribution in [3.63, 3.8) is 0 Å². The molecule has 6 heteroatoms. The molecule has 2 aromatic rings. The van der Waals surface area contributed by atoms with E-state index in [0.717, 1.165) is 6.42 Å². The van der Waals surface area contributed by atoms with Crippen LogP contribution in [-0.2, 0) is 17.8 Å². The van der Waals surface area contributed by atoms with Crippen molar-refractivity contribution in [2.75, 3.05) is 18.4 Å². The predicted octanol–water partition coefficient (Wildman–Crippen LogP) is 2.45. The van der Waals surface area contributed by atoms with Gasteiger partial charge in [0.2, 0.25) is 5.91 Å². The van der Waals surface area contributed by atoms with Gasteiger partial charge in [0.15, 0.2) is 0 Å². The van der Waals surface area contributed by atoms with E-state index in [2.05, 4.69) is 22.1 Å². The van der Waals surface area contributed by atoms with Gasteiger partial charge in [0, 0.05) is 23.7 Å². The summed E-state index contributed by atoms with van der Waals surface area (Å²) in [5, 5.41) is 7.36. The van der Waals surface area contributed by atoms with Crippen molar-refractivity contribution in [3.8, 4) is 0 Å². The van der Waals surface area contributed by atoms with Crippen LogP contribution in [0.3, 0.4) is 0 Å². The van der Waals surface area contributed by atoms with Crippen molar-refractivity contribution < 1.29 is 9.59 Å². The van der Waals surface area contributed by atoms with Crippen molar-refractivity contribution in [3.05, 3.63) is 52.2 Å². The molecule has 1 aromatic carbocycles. The number of amides is 3. The molecule has 1 aromatic heterocycles. The van der Waals surface area contributed by atoms with E-state index in [9.17, 15) is 9.59 Å². The van der Waals surface area contributed by atoms with Crippen LogP contribution in [0.25, 0.3) is 0 Å². The number of hydrogen-bond donors (Lipinski definition) is 2. The lowest BCUT2D eigenvalue weighted by Gasteiger charge is -2.27. The van der Waals surface area contributed by atoms with Crippen LogP contribution in [0.4, 0.5) is 10.5 Å². The summed E-state index contributed by atoms with van der Waals surface area (Å²) in [4.78, 5) is 27.1. The lowest BCUT2D eigenvalue weighted by molar-refractivity contribution is -0.130. The summed E-state index contributed by atoms with van der Waals surface area (Å²) in [7, 11) is 0. The summed E-state index contributed by atoms with van der Waals surface area (Å²) in [5.41, 5.74) is 1.92. The lowest BCUT2D eigenvalue weighted by Crippen LogP contribution is -2.43. The van der Waals surface area contributed by atoms with E-state index in [1.807, 2.05) is 18.2 Å². The fourth-order valence-electron chi connectivity index (χ4n) is 2.43. The number of nitrogens with one attached hydrogen (secondary N) is 2. The molecule has 114 valence electrons. The molecule has 5 nitrogen and oxygen atoms in total. The number of carbonyl (C=O) groups is 2. The van der Waals surface area contributed by atoms with Gasteiger partial charge in [-0.15, -0.1) is 11.3 Å². The SMILES string of the molecule is O=C(NCC(=O)N1CCc2sccc2C1)Nc1ccccc1. The minimum atomic E-state index is -0.368. The van der Waals surface area contributed by atoms with Gasteiger partial charge < -0.3 is 15.5 Å². The topological polar surface area (TPSA) is 61.4 Å². The Kier molecular flexibility index (Phi) is 4.39. The highest BCUT2D eigenvalue weighted by Crippen LogP contribution is 2.23. The number of urea groups is 1. The zero-order valence-corrected chi connectivity index (χ0v) is 12.9. The number of carbonyl (C=O) groups excluding carboxylic acids is 2. The van der Waals surface area contributed by atoms with E-state index in [-0.39, 0.29) is 18.5 Å². The van der Waals surface area contributed by atoms with Gasteiger partial charge in [0.25, 0.3) is 0 Å². The van der Waals surface area contributed by atoms with Crippen LogP contribution in [0.1, 0.15) is 10.4 Å². The van der Waals surface area contributed by atoms with Gasteiger partial charge in [-0.1, -0.05) is 18.2 Å². The number of nitrogens with zero attached hydrogens (tertiary/aromatic N) is 1. The van der Waals surface area contributed by atoms with Crippen LogP contribution >= 0.6 is 11.3 Å². The van der Waals surface area contributed by atoms with Gasteiger partial charge in [-0.25, -0.2) is 4.79 Å². The Morgan fingerprint density at radius 3 is 2.82 bits per heavy atom. The first-order chi connectivity index (χ1) is 10.7. The molecule has 0 aliphatic carbocycles. The van der Waals surface area contributed by atoms with Crippen molar-refractivity contribution >= 4 is 29.0 Å². The van der Waals surface area contributed by atoms with Gasteiger partial charge in [0.05, 0.1) is 6.54 Å². The molecule has 2 N–H and O–H groups in total. The Morgan fingerprint density at radius 2 is 2.00 bits per heavy atom. The maximum absolute atomic E-state index is 12.2. The highest BCUT2D eigenvalue weighted by atomic mass is 32.1. The summed E-state index contributed by atoms with van der Waals surface area (Å²) >= 11 is 1.74. The molecular weight excluding hydrogens is 298 g/mol. The van der Waals surface area contributed by atoms with Gasteiger partial charge in [-0.2, -0.15) is 0 Å². The first-order valence-corrected chi connectivity index (χ1v) is 8.03. The monoisotopic (exact) mass is 315 g/mol. The average molecular weight is 315 g/mol. The van der Waals surface area contributed by atoms with E-state index in [0.29, 0.717) is 18.8 Å². The minimum Gasteiger partial charge on any atom is -0.336 e. The third kappa shape index (κ3) is 3.46. The molecule has 22 heavy (non-hydrogen) atoms. The fourth-order valence-corrected chi connectivity index (χ4v) is 3.32. The van der Waals surface area contributed by atoms with Crippen LogP contribution in [0, 0.1) is 0 Å². The molecule has 0 fully saturated rings. The Balaban J connectivity index is 1.47. The van der Waals surface area contributed by atoms with Gasteiger partial charge >= 0.3 is 6.03 Å². The second-order valence-electron chi connectivity index (χ2n) is 5.11. The zero-order valence-electron chi connectivity index (χ0n) is 12.0. The molecule has 0 unspecified atom stereocenters. The van der Waals surface area contributed by atoms with Crippen molar-refractivity contribution in [1.29, 1.82) is 0 Å². The van der Waals surface area contributed by atoms with E-state index in [1.165, 1.54) is 10.4 Å². The molecule has 3 amide bonds. The summed E-state index contributed by atoms with van der Waals surface area (Å²) in [5.74, 6) is -0.0555. The number of hydrogen-bond acceptors (Lipinski definition) is 3. The Hall–Kier alpha value is -2.34. The Morgan fingerprint density at radius 1 is 1.18 bits per heavy atom. The highest BCUT2D eigenvalue weighted by molar-refractivity contribution is 7.10. The van der Waals surface area contributed by atoms with Crippen LogP contribution < -0.4 is 10.6 Å². The summed E-state index contributed by atoms with van der Waals surface area (Å²) in [6, 6.07) is 10.8. The standard InChI is InChI=1S/C16H17N3O2S/c20-15(19-8-6-14-12(11-19)7-9-22-14)10-17-16(21)18-13-4-2-1-3-5-13/h1-5,7,9H,6,8,10-11H2,(H2,17,18,21). The molecule has 1 aliphatic rings. The average Bonchev–Trinajstić information content (AvgIpc) is 3.01. The Labute approximate surface area is 132 Å². The number of rotatable bonds is 3. The molecule has 0 saturated heterocycles. The van der Waals surface area contributed by atoms with Crippen molar-refractivity contribution in [2.45, 2.75) is 13.0 Å². The van der Waals surface area contributed by atoms with Crippen LogP contribution in [0.5, 0.6) is 0 Å². The summed E-state index contributed by atoms with van der Waals surface area (Å²) < 4.78 is 0. The first kappa shape index (κ1) is 14.6. The second kappa shape index (κ2) is 6.62. The van der Waals surface area contributed by atoms with Crippen LogP contribution in [0.15, 0.2) is 41.8 Å². The molecule has 0 saturated carbocycles. The normalized spacial score (nSPS) is 13.4. The van der Waals surface area contributed by atoms with E-state index in [4.69, 9.17) is 0 Å². The number of para-hydroxylation sites is 1. The molecule has 3 rings (SSSR count). The van der Waals surface area contributed by atoms with Crippen LogP contribution in [0.2, 0.25) is 0 Å². The molecule has 0 spiro atoms. The fraction of sp³-hybridized carbons (Fsp3) is 0.250. The first-order valence-electron chi connectivity index (χ1n) is 7.15. The van der Waals surface area contributed by atoms with Crippen molar-refractivity contribution in [1.82, 2.24) is 10.2 Å². The quantitative estimate of drug-likeness (QED) is 0.914. The molecule has 0 atom stereocenters. The minimum absolute atomic E-state index is 0.0120. The van der Waals surface area contributed by atoms with Crippen molar-refractivity contribution in [2.24, 2.45) is 0 Å². The molecule has 1 aliphatic heterocycles. The Bertz CT molecular complexity index is 669. The molecule has 0 bridgehead atoms. The summed E-state index contributed by atoms with van der Waals surface area (Å²) in [6.07, 6.45) is 0.898. The maximum atomic E-state index is 12.2. The molecule has 2 heterocycles. The maximum Gasteiger partial charge on any atom is 0.319 e. The van der Waals surface area contributed by atoms with E-state index >= 15 is 0 Å². The number of anilines is 1. The lowest BCUT2D eigenvalue weighted by atomic mass is 10.1. The van der Waals surface area contributed by atoms with Gasteiger partial charge in [-0.3, -0.25) is 4.79 Å². The summed E-state index contributed by atoms with van der Waals surface area (Å²) in [6.45, 7) is 1.37. The molecule has 0 radical (unpaired) electrons. The second-order valence-corrected chi connectivity index (χ2v) is 6.11. The predicted molar refractivity (Wildman–Crippen MR) is 86.9 cm³/mol. The third-order valence-electron chi connectivity index (χ3n) is 3.59. The zero-order chi connectivity index (χ0) is 15.4. The molecular formula is C16H17N3O2S. The highest BCUT2D eigenvalue weighted by Gasteiger charge is 2.21. The van der Waals surface area contributed by atoms with E-state index < -0.39 is 0 Å². The largest absolute Gasteiger partial charge is 0.336 e. The van der Waals surface area contributed by atoms with E-state index in [1.54, 1.807) is 28.4 Å². The number of benzene rings is 1. The third-order valence-corrected chi connectivity index (χ3v) is 4.62. The number of thiophene rings is 1. The van der Waals surface area contributed by atoms with Crippen LogP contribution in [-0.4, -0.2) is 29.9 Å². The smallest absolute Gasteiger partial charge is 0.319 e. The van der Waals surface area contributed by atoms with Gasteiger partial charge in [0.1, 0.15) is 0 Å². The number of fused-ring (bicyclic) bond motifs is 1. The van der Waals surface area contributed by atoms with Gasteiger partial charge in [-0.05, 0) is 35.6 Å².